The van der Waals surface area contributed by atoms with Crippen molar-refractivity contribution in [2.45, 2.75) is 84.4 Å². The van der Waals surface area contributed by atoms with E-state index in [1.165, 1.54) is 13.3 Å². The number of halogens is 1. The van der Waals surface area contributed by atoms with Crippen molar-refractivity contribution in [3.63, 3.8) is 0 Å². The molecule has 8 nitrogen and oxygen atoms in total. The zero-order chi connectivity index (χ0) is 20.7. The maximum atomic E-state index is 12.5. The molecule has 0 unspecified atom stereocenters. The number of rotatable bonds is 7. The molecule has 9 heteroatoms. The van der Waals surface area contributed by atoms with Gasteiger partial charge in [-0.05, 0) is 33.1 Å². The van der Waals surface area contributed by atoms with Gasteiger partial charge in [0.05, 0.1) is 5.69 Å². The van der Waals surface area contributed by atoms with Gasteiger partial charge in [-0.3, -0.25) is 14.8 Å². The zero-order valence-electron chi connectivity index (χ0n) is 16.7. The Morgan fingerprint density at radius 2 is 1.96 bits per heavy atom. The minimum Gasteiger partial charge on any atom is -0.449 e. The second-order valence-electron chi connectivity index (χ2n) is 7.17. The number of carbonyl (C=O) groups is 3. The van der Waals surface area contributed by atoms with Gasteiger partial charge < -0.3 is 10.1 Å². The molecule has 1 heterocycles. The Morgan fingerprint density at radius 3 is 2.61 bits per heavy atom. The van der Waals surface area contributed by atoms with Crippen LogP contribution in [0.5, 0.6) is 0 Å². The van der Waals surface area contributed by atoms with Gasteiger partial charge >= 0.3 is 12.0 Å². The maximum Gasteiger partial charge on any atom is 0.343 e. The van der Waals surface area contributed by atoms with Crippen molar-refractivity contribution in [3.8, 4) is 0 Å². The lowest BCUT2D eigenvalue weighted by Crippen LogP contribution is -2.48. The van der Waals surface area contributed by atoms with Crippen LogP contribution < -0.4 is 10.6 Å². The van der Waals surface area contributed by atoms with E-state index in [0.29, 0.717) is 12.2 Å². The number of ether oxygens (including phenoxy) is 1. The van der Waals surface area contributed by atoms with Gasteiger partial charge in [0.1, 0.15) is 10.7 Å². The summed E-state index contributed by atoms with van der Waals surface area (Å²) in [5.41, 5.74) is 0.581. The molecule has 0 radical (unpaired) electrons. The first kappa shape index (κ1) is 22.2. The van der Waals surface area contributed by atoms with Gasteiger partial charge in [-0.25, -0.2) is 9.59 Å². The van der Waals surface area contributed by atoms with Gasteiger partial charge in [0.25, 0.3) is 5.91 Å². The number of hydrogen-bond acceptors (Lipinski definition) is 5. The molecule has 0 spiro atoms. The molecule has 0 bridgehead atoms. The van der Waals surface area contributed by atoms with E-state index in [0.717, 1.165) is 38.5 Å². The molecule has 2 N–H and O–H groups in total. The van der Waals surface area contributed by atoms with Crippen molar-refractivity contribution < 1.29 is 19.1 Å². The molecule has 1 fully saturated rings. The Kier molecular flexibility index (Phi) is 8.29. The molecule has 2 rings (SSSR count). The normalized spacial score (nSPS) is 15.7. The first-order valence-electron chi connectivity index (χ1n) is 9.88. The number of imide groups is 1. The van der Waals surface area contributed by atoms with Crippen molar-refractivity contribution in [2.24, 2.45) is 0 Å². The second-order valence-corrected chi connectivity index (χ2v) is 7.53. The molecular formula is C19H29ClN4O4. The number of hydrogen-bond donors (Lipinski definition) is 2. The number of urea groups is 1. The molecule has 0 aromatic carbocycles. The quantitative estimate of drug-likeness (QED) is 0.668. The highest BCUT2D eigenvalue weighted by Crippen LogP contribution is 2.22. The minimum absolute atomic E-state index is 0.0785. The molecule has 28 heavy (non-hydrogen) atoms. The Hall–Kier alpha value is -2.09. The van der Waals surface area contributed by atoms with E-state index in [4.69, 9.17) is 16.3 Å². The Labute approximate surface area is 170 Å². The fourth-order valence-corrected chi connectivity index (χ4v) is 3.53. The van der Waals surface area contributed by atoms with Crippen LogP contribution in [0.4, 0.5) is 4.79 Å². The topological polar surface area (TPSA) is 102 Å². The molecule has 1 saturated carbocycles. The number of nitrogens with one attached hydrogen (secondary N) is 2. The van der Waals surface area contributed by atoms with Crippen LogP contribution in [-0.4, -0.2) is 39.8 Å². The van der Waals surface area contributed by atoms with Gasteiger partial charge in [0.15, 0.2) is 6.10 Å². The molecular weight excluding hydrogens is 384 g/mol. The van der Waals surface area contributed by atoms with E-state index in [9.17, 15) is 14.4 Å². The van der Waals surface area contributed by atoms with E-state index >= 15 is 0 Å². The van der Waals surface area contributed by atoms with Crippen molar-refractivity contribution in [2.75, 3.05) is 0 Å². The highest BCUT2D eigenvalue weighted by Gasteiger charge is 2.27. The van der Waals surface area contributed by atoms with Crippen LogP contribution in [0, 0.1) is 6.92 Å². The molecule has 1 aliphatic carbocycles. The predicted octanol–water partition coefficient (Wildman–Crippen LogP) is 3.35. The highest BCUT2D eigenvalue weighted by molar-refractivity contribution is 6.32. The Balaban J connectivity index is 1.89. The predicted molar refractivity (Wildman–Crippen MR) is 105 cm³/mol. The van der Waals surface area contributed by atoms with Crippen molar-refractivity contribution >= 4 is 29.5 Å². The molecule has 0 aliphatic heterocycles. The van der Waals surface area contributed by atoms with Crippen molar-refractivity contribution in [3.05, 3.63) is 16.4 Å². The number of unbranched alkanes of at least 4 members (excludes halogenated alkanes) is 1. The number of carbonyl (C=O) groups excluding carboxylic acids is 3. The maximum absolute atomic E-state index is 12.5. The van der Waals surface area contributed by atoms with E-state index < -0.39 is 24.0 Å². The summed E-state index contributed by atoms with van der Waals surface area (Å²) in [5.74, 6) is -1.42. The van der Waals surface area contributed by atoms with Crippen LogP contribution in [0.15, 0.2) is 0 Å². The summed E-state index contributed by atoms with van der Waals surface area (Å²) < 4.78 is 6.75. The number of aryl methyl sites for hydroxylation is 2. The first-order valence-corrected chi connectivity index (χ1v) is 10.3. The van der Waals surface area contributed by atoms with Crippen LogP contribution in [0.2, 0.25) is 5.15 Å². The minimum atomic E-state index is -1.14. The number of nitrogens with zero attached hydrogens (tertiary/aromatic N) is 2. The molecule has 1 atom stereocenters. The van der Waals surface area contributed by atoms with Gasteiger partial charge in [-0.1, -0.05) is 44.2 Å². The van der Waals surface area contributed by atoms with Gasteiger partial charge in [0.2, 0.25) is 0 Å². The molecule has 156 valence electrons. The van der Waals surface area contributed by atoms with E-state index in [2.05, 4.69) is 15.7 Å². The van der Waals surface area contributed by atoms with Crippen LogP contribution in [-0.2, 0) is 16.1 Å². The lowest BCUT2D eigenvalue weighted by Gasteiger charge is -2.23. The number of esters is 1. The fraction of sp³-hybridized carbons (Fsp3) is 0.684. The second kappa shape index (κ2) is 10.5. The fourth-order valence-electron chi connectivity index (χ4n) is 3.20. The lowest BCUT2D eigenvalue weighted by atomic mass is 9.96. The number of amides is 3. The Morgan fingerprint density at radius 1 is 1.29 bits per heavy atom. The number of aromatic nitrogens is 2. The average Bonchev–Trinajstić information content (AvgIpc) is 2.94. The third kappa shape index (κ3) is 5.95. The lowest BCUT2D eigenvalue weighted by molar-refractivity contribution is -0.127. The molecule has 1 aliphatic rings. The standard InChI is InChI=1S/C19H29ClN4O4/c1-4-5-11-24-16(20)15(12(2)23-24)18(26)28-13(3)17(25)22-19(27)21-14-9-7-6-8-10-14/h13-14H,4-11H2,1-3H3,(H2,21,22,25,27)/t13-/m1/s1. The average molecular weight is 413 g/mol. The smallest absolute Gasteiger partial charge is 0.343 e. The van der Waals surface area contributed by atoms with Crippen LogP contribution >= 0.6 is 11.6 Å². The summed E-state index contributed by atoms with van der Waals surface area (Å²) in [4.78, 5) is 36.6. The zero-order valence-corrected chi connectivity index (χ0v) is 17.5. The summed E-state index contributed by atoms with van der Waals surface area (Å²) in [6.45, 7) is 5.71. The van der Waals surface area contributed by atoms with E-state index in [1.807, 2.05) is 6.92 Å². The first-order chi connectivity index (χ1) is 13.3. The SMILES string of the molecule is CCCCn1nc(C)c(C(=O)O[C@H](C)C(=O)NC(=O)NC2CCCCC2)c1Cl. The van der Waals surface area contributed by atoms with Gasteiger partial charge in [-0.2, -0.15) is 5.10 Å². The largest absolute Gasteiger partial charge is 0.449 e. The molecule has 0 saturated heterocycles. The van der Waals surface area contributed by atoms with Crippen LogP contribution in [0.3, 0.4) is 0 Å². The third-order valence-electron chi connectivity index (χ3n) is 4.82. The van der Waals surface area contributed by atoms with Gasteiger partial charge in [-0.15, -0.1) is 0 Å². The third-order valence-corrected chi connectivity index (χ3v) is 5.21. The van der Waals surface area contributed by atoms with Crippen molar-refractivity contribution in [1.29, 1.82) is 0 Å². The summed E-state index contributed by atoms with van der Waals surface area (Å²) >= 11 is 6.25. The molecule has 1 aromatic rings. The van der Waals surface area contributed by atoms with Crippen LogP contribution in [0.1, 0.15) is 74.8 Å². The molecule has 3 amide bonds. The highest BCUT2D eigenvalue weighted by atomic mass is 35.5. The summed E-state index contributed by atoms with van der Waals surface area (Å²) in [6, 6.07) is -0.490. The van der Waals surface area contributed by atoms with E-state index in [-0.39, 0.29) is 16.8 Å². The van der Waals surface area contributed by atoms with Gasteiger partial charge in [0, 0.05) is 12.6 Å². The molecule has 1 aromatic heterocycles. The monoisotopic (exact) mass is 412 g/mol. The summed E-state index contributed by atoms with van der Waals surface area (Å²) in [7, 11) is 0. The van der Waals surface area contributed by atoms with Crippen molar-refractivity contribution in [1.82, 2.24) is 20.4 Å². The van der Waals surface area contributed by atoms with Crippen LogP contribution in [0.25, 0.3) is 0 Å². The summed E-state index contributed by atoms with van der Waals surface area (Å²) in [6.07, 6.45) is 5.83. The Bertz CT molecular complexity index is 713. The summed E-state index contributed by atoms with van der Waals surface area (Å²) in [5, 5.41) is 9.46. The van der Waals surface area contributed by atoms with E-state index in [1.54, 1.807) is 11.6 Å².